The first-order valence-corrected chi connectivity index (χ1v) is 8.81. The van der Waals surface area contributed by atoms with Crippen LogP contribution >= 0.6 is 11.6 Å². The first-order valence-electron chi connectivity index (χ1n) is 8.43. The molecule has 0 aliphatic carbocycles. The van der Waals surface area contributed by atoms with Gasteiger partial charge in [-0.2, -0.15) is 0 Å². The van der Waals surface area contributed by atoms with Gasteiger partial charge in [0.1, 0.15) is 5.69 Å². The number of fused-ring (bicyclic) bond motifs is 3. The van der Waals surface area contributed by atoms with E-state index in [1.165, 1.54) is 12.5 Å². The molecule has 0 amide bonds. The van der Waals surface area contributed by atoms with E-state index >= 15 is 0 Å². The maximum absolute atomic E-state index is 14.6. The summed E-state index contributed by atoms with van der Waals surface area (Å²) in [5.74, 6) is 1.20. The highest BCUT2D eigenvalue weighted by atomic mass is 35.5. The summed E-state index contributed by atoms with van der Waals surface area (Å²) >= 11 is 6.06. The molecule has 0 N–H and O–H groups in total. The van der Waals surface area contributed by atoms with Gasteiger partial charge in [-0.25, -0.2) is 9.38 Å². The minimum Gasteiger partial charge on any atom is -0.354 e. The zero-order chi connectivity index (χ0) is 16.8. The highest BCUT2D eigenvalue weighted by molar-refractivity contribution is 6.48. The van der Waals surface area contributed by atoms with E-state index < -0.39 is 0 Å². The van der Waals surface area contributed by atoms with E-state index in [2.05, 4.69) is 11.8 Å². The van der Waals surface area contributed by atoms with E-state index in [0.717, 1.165) is 43.2 Å². The van der Waals surface area contributed by atoms with Gasteiger partial charge in [0.15, 0.2) is 17.5 Å². The van der Waals surface area contributed by atoms with Crippen molar-refractivity contribution < 1.29 is 4.39 Å². The molecule has 1 saturated heterocycles. The van der Waals surface area contributed by atoms with Crippen LogP contribution < -0.4 is 4.90 Å². The molecule has 1 aromatic rings. The number of nitrogens with zero attached hydrogens (tertiary/aromatic N) is 4. The first-order chi connectivity index (χ1) is 11.5. The Kier molecular flexibility index (Phi) is 3.83. The monoisotopic (exact) mass is 346 g/mol. The van der Waals surface area contributed by atoms with Crippen molar-refractivity contribution in [3.05, 3.63) is 34.7 Å². The Hall–Kier alpha value is -1.88. The Morgan fingerprint density at radius 2 is 1.92 bits per heavy atom. The Balaban J connectivity index is 1.89. The summed E-state index contributed by atoms with van der Waals surface area (Å²) in [5.41, 5.74) is 2.10. The van der Waals surface area contributed by atoms with Crippen molar-refractivity contribution in [1.29, 1.82) is 0 Å². The van der Waals surface area contributed by atoms with Crippen LogP contribution in [0.5, 0.6) is 0 Å². The smallest absolute Gasteiger partial charge is 0.176 e. The summed E-state index contributed by atoms with van der Waals surface area (Å²) in [5, 5.41) is 0.361. The van der Waals surface area contributed by atoms with E-state index in [1.807, 2.05) is 18.0 Å². The van der Waals surface area contributed by atoms with Gasteiger partial charge < -0.3 is 4.90 Å². The standard InChI is InChI=1S/C18H20ClFN4/c1-11-10-24-16-14(20)8-13(19)9-15(16)22-17(18(24)21-12(11)2)23-6-4-3-5-7-23/h8-10,12H,3-7H2,1-2H3. The maximum Gasteiger partial charge on any atom is 0.176 e. The first kappa shape index (κ1) is 15.6. The van der Waals surface area contributed by atoms with Gasteiger partial charge in [0.05, 0.1) is 11.7 Å². The number of aliphatic imine (C=N–C) groups is 2. The molecular weight excluding hydrogens is 327 g/mol. The fraction of sp³-hybridized carbons (Fsp3) is 0.444. The highest BCUT2D eigenvalue weighted by Gasteiger charge is 2.34. The number of likely N-dealkylation sites (tertiary alicyclic amines) is 1. The van der Waals surface area contributed by atoms with Crippen LogP contribution in [0.2, 0.25) is 5.02 Å². The summed E-state index contributed by atoms with van der Waals surface area (Å²) in [4.78, 5) is 13.7. The Labute approximate surface area is 146 Å². The number of piperidine rings is 1. The van der Waals surface area contributed by atoms with Crippen LogP contribution in [0.15, 0.2) is 33.9 Å². The predicted octanol–water partition coefficient (Wildman–Crippen LogP) is 4.52. The number of hydrogen-bond donors (Lipinski definition) is 0. The molecule has 24 heavy (non-hydrogen) atoms. The summed E-state index contributed by atoms with van der Waals surface area (Å²) in [6.07, 6.45) is 5.51. The molecule has 0 saturated carbocycles. The number of rotatable bonds is 0. The molecule has 3 aliphatic heterocycles. The normalized spacial score (nSPS) is 23.2. The molecule has 3 heterocycles. The maximum atomic E-state index is 14.6. The van der Waals surface area contributed by atoms with Gasteiger partial charge in [0, 0.05) is 24.3 Å². The lowest BCUT2D eigenvalue weighted by Gasteiger charge is -2.39. The van der Waals surface area contributed by atoms with Crippen LogP contribution in [-0.2, 0) is 0 Å². The van der Waals surface area contributed by atoms with Crippen molar-refractivity contribution in [3.8, 4) is 0 Å². The lowest BCUT2D eigenvalue weighted by molar-refractivity contribution is 0.345. The number of anilines is 1. The van der Waals surface area contributed by atoms with E-state index in [4.69, 9.17) is 21.6 Å². The SMILES string of the molecule is CC1=CN2C(=NC1C)C(N1CCCCC1)=Nc1cc(Cl)cc(F)c12. The molecule has 0 bridgehead atoms. The molecule has 3 aliphatic rings. The van der Waals surface area contributed by atoms with Gasteiger partial charge in [-0.05, 0) is 50.8 Å². The van der Waals surface area contributed by atoms with Crippen LogP contribution in [-0.4, -0.2) is 35.7 Å². The number of benzene rings is 1. The van der Waals surface area contributed by atoms with Gasteiger partial charge in [-0.3, -0.25) is 9.89 Å². The predicted molar refractivity (Wildman–Crippen MR) is 97.1 cm³/mol. The third kappa shape index (κ3) is 2.51. The van der Waals surface area contributed by atoms with Crippen molar-refractivity contribution in [2.75, 3.05) is 18.0 Å². The molecule has 4 nitrogen and oxygen atoms in total. The molecule has 4 rings (SSSR count). The van der Waals surface area contributed by atoms with Crippen molar-refractivity contribution in [2.24, 2.45) is 9.98 Å². The van der Waals surface area contributed by atoms with Crippen molar-refractivity contribution in [1.82, 2.24) is 4.90 Å². The molecule has 0 aromatic heterocycles. The second kappa shape index (κ2) is 5.88. The second-order valence-electron chi connectivity index (χ2n) is 6.61. The van der Waals surface area contributed by atoms with Gasteiger partial charge in [0.2, 0.25) is 0 Å². The summed E-state index contributed by atoms with van der Waals surface area (Å²) in [6, 6.07) is 3.13. The fourth-order valence-electron chi connectivity index (χ4n) is 3.41. The average Bonchev–Trinajstić information content (AvgIpc) is 2.56. The Morgan fingerprint density at radius 1 is 1.17 bits per heavy atom. The van der Waals surface area contributed by atoms with Crippen LogP contribution in [0, 0.1) is 5.82 Å². The third-order valence-electron chi connectivity index (χ3n) is 4.87. The minimum atomic E-state index is -0.370. The number of amidine groups is 2. The van der Waals surface area contributed by atoms with Crippen molar-refractivity contribution >= 4 is 34.6 Å². The Bertz CT molecular complexity index is 777. The van der Waals surface area contributed by atoms with Crippen LogP contribution in [0.25, 0.3) is 0 Å². The molecule has 1 aromatic carbocycles. The van der Waals surface area contributed by atoms with E-state index in [-0.39, 0.29) is 11.9 Å². The zero-order valence-electron chi connectivity index (χ0n) is 13.9. The van der Waals surface area contributed by atoms with Gasteiger partial charge in [-0.15, -0.1) is 0 Å². The zero-order valence-corrected chi connectivity index (χ0v) is 14.6. The Morgan fingerprint density at radius 3 is 2.67 bits per heavy atom. The van der Waals surface area contributed by atoms with Crippen molar-refractivity contribution in [3.63, 3.8) is 0 Å². The summed E-state index contributed by atoms with van der Waals surface area (Å²) in [7, 11) is 0. The molecule has 0 radical (unpaired) electrons. The minimum absolute atomic E-state index is 0.0724. The molecule has 1 atom stereocenters. The van der Waals surface area contributed by atoms with E-state index in [1.54, 1.807) is 6.07 Å². The molecule has 0 spiro atoms. The van der Waals surface area contributed by atoms with Crippen LogP contribution in [0.1, 0.15) is 33.1 Å². The van der Waals surface area contributed by atoms with Gasteiger partial charge in [0.25, 0.3) is 0 Å². The molecule has 6 heteroatoms. The lowest BCUT2D eigenvalue weighted by Crippen LogP contribution is -2.49. The second-order valence-corrected chi connectivity index (χ2v) is 7.05. The lowest BCUT2D eigenvalue weighted by atomic mass is 10.1. The highest BCUT2D eigenvalue weighted by Crippen LogP contribution is 2.40. The number of hydrogen-bond acceptors (Lipinski definition) is 4. The van der Waals surface area contributed by atoms with Crippen LogP contribution in [0.4, 0.5) is 15.8 Å². The van der Waals surface area contributed by atoms with Gasteiger partial charge in [-0.1, -0.05) is 11.6 Å². The molecule has 1 fully saturated rings. The molecule has 1 unspecified atom stereocenters. The summed E-state index contributed by atoms with van der Waals surface area (Å²) < 4.78 is 14.6. The third-order valence-corrected chi connectivity index (χ3v) is 5.08. The largest absolute Gasteiger partial charge is 0.354 e. The van der Waals surface area contributed by atoms with E-state index in [9.17, 15) is 4.39 Å². The average molecular weight is 347 g/mol. The molecule has 126 valence electrons. The van der Waals surface area contributed by atoms with E-state index in [0.29, 0.717) is 16.4 Å². The quantitative estimate of drug-likeness (QED) is 0.691. The fourth-order valence-corrected chi connectivity index (χ4v) is 3.61. The topological polar surface area (TPSA) is 31.2 Å². The number of halogens is 2. The summed E-state index contributed by atoms with van der Waals surface area (Å²) in [6.45, 7) is 5.99. The van der Waals surface area contributed by atoms with Crippen LogP contribution in [0.3, 0.4) is 0 Å². The van der Waals surface area contributed by atoms with Crippen molar-refractivity contribution in [2.45, 2.75) is 39.2 Å². The van der Waals surface area contributed by atoms with Gasteiger partial charge >= 0.3 is 0 Å². The molecular formula is C18H20ClFN4.